The van der Waals surface area contributed by atoms with Gasteiger partial charge in [-0.2, -0.15) is 16.1 Å². The summed E-state index contributed by atoms with van der Waals surface area (Å²) >= 11 is 2.98. The van der Waals surface area contributed by atoms with Crippen LogP contribution in [-0.2, 0) is 10.0 Å². The van der Waals surface area contributed by atoms with E-state index in [0.717, 1.165) is 35.9 Å². The molecule has 2 aromatic rings. The van der Waals surface area contributed by atoms with E-state index >= 15 is 0 Å². The predicted molar refractivity (Wildman–Crippen MR) is 126 cm³/mol. The van der Waals surface area contributed by atoms with Crippen LogP contribution in [0.2, 0.25) is 0 Å². The van der Waals surface area contributed by atoms with Crippen molar-refractivity contribution < 1.29 is 17.9 Å². The van der Waals surface area contributed by atoms with Gasteiger partial charge in [0.1, 0.15) is 15.5 Å². The molecule has 168 valence electrons. The lowest BCUT2D eigenvalue weighted by Crippen LogP contribution is -2.39. The lowest BCUT2D eigenvalue weighted by Gasteiger charge is -2.26. The Morgan fingerprint density at radius 1 is 0.968 bits per heavy atom. The van der Waals surface area contributed by atoms with Gasteiger partial charge in [0.05, 0.1) is 7.11 Å². The standard InChI is InChI=1S/C21H27N3O4S3/c1-28-18-5-3-17(4-6-18)22-8-2-9-23(11-10-22)21(25)20-19(7-14-30-20)31(26,27)24-12-15-29-16-13-24/h3-7,14H,2,8-13,15-16H2,1H3. The first-order valence-electron chi connectivity index (χ1n) is 10.3. The van der Waals surface area contributed by atoms with E-state index in [1.165, 1.54) is 15.6 Å². The Labute approximate surface area is 192 Å². The largest absolute Gasteiger partial charge is 0.497 e. The number of thioether (sulfide) groups is 1. The summed E-state index contributed by atoms with van der Waals surface area (Å²) < 4.78 is 33.0. The van der Waals surface area contributed by atoms with Gasteiger partial charge < -0.3 is 14.5 Å². The molecule has 1 amide bonds. The third kappa shape index (κ3) is 4.87. The molecule has 0 radical (unpaired) electrons. The van der Waals surface area contributed by atoms with Gasteiger partial charge in [-0.15, -0.1) is 11.3 Å². The molecule has 1 aromatic heterocycles. The monoisotopic (exact) mass is 481 g/mol. The molecular weight excluding hydrogens is 454 g/mol. The van der Waals surface area contributed by atoms with Crippen LogP contribution in [-0.4, -0.2) is 81.4 Å². The highest BCUT2D eigenvalue weighted by atomic mass is 32.2. The molecule has 7 nitrogen and oxygen atoms in total. The van der Waals surface area contributed by atoms with Crippen LogP contribution in [0.3, 0.4) is 0 Å². The minimum atomic E-state index is -3.64. The molecule has 2 saturated heterocycles. The molecule has 0 atom stereocenters. The van der Waals surface area contributed by atoms with E-state index in [2.05, 4.69) is 4.90 Å². The summed E-state index contributed by atoms with van der Waals surface area (Å²) in [6.45, 7) is 3.71. The molecule has 0 aliphatic carbocycles. The number of carbonyl (C=O) groups is 1. The van der Waals surface area contributed by atoms with Crippen LogP contribution < -0.4 is 9.64 Å². The van der Waals surface area contributed by atoms with Crippen molar-refractivity contribution in [3.63, 3.8) is 0 Å². The third-order valence-electron chi connectivity index (χ3n) is 5.63. The number of anilines is 1. The fraction of sp³-hybridized carbons (Fsp3) is 0.476. The average Bonchev–Trinajstić information content (AvgIpc) is 3.18. The maximum absolute atomic E-state index is 13.3. The molecule has 0 bridgehead atoms. The minimum absolute atomic E-state index is 0.158. The van der Waals surface area contributed by atoms with E-state index in [0.29, 0.717) is 37.6 Å². The second-order valence-corrected chi connectivity index (χ2v) is 11.5. The van der Waals surface area contributed by atoms with Crippen molar-refractivity contribution in [3.8, 4) is 5.75 Å². The van der Waals surface area contributed by atoms with Crippen LogP contribution in [0.4, 0.5) is 5.69 Å². The number of hydrogen-bond donors (Lipinski definition) is 0. The zero-order chi connectivity index (χ0) is 21.8. The van der Waals surface area contributed by atoms with E-state index in [4.69, 9.17) is 4.74 Å². The van der Waals surface area contributed by atoms with Gasteiger partial charge >= 0.3 is 0 Å². The molecule has 0 saturated carbocycles. The summed E-state index contributed by atoms with van der Waals surface area (Å²) in [7, 11) is -2.00. The van der Waals surface area contributed by atoms with Crippen LogP contribution in [0, 0.1) is 0 Å². The fourth-order valence-electron chi connectivity index (χ4n) is 3.90. The molecule has 2 aliphatic rings. The zero-order valence-electron chi connectivity index (χ0n) is 17.5. The molecule has 0 spiro atoms. The highest BCUT2D eigenvalue weighted by Crippen LogP contribution is 2.29. The lowest BCUT2D eigenvalue weighted by atomic mass is 10.2. The van der Waals surface area contributed by atoms with Gasteiger partial charge in [-0.05, 0) is 42.1 Å². The zero-order valence-corrected chi connectivity index (χ0v) is 20.0. The minimum Gasteiger partial charge on any atom is -0.497 e. The second kappa shape index (κ2) is 9.81. The summed E-state index contributed by atoms with van der Waals surface area (Å²) in [5, 5.41) is 1.71. The number of rotatable bonds is 5. The second-order valence-electron chi connectivity index (χ2n) is 7.46. The highest BCUT2D eigenvalue weighted by Gasteiger charge is 2.33. The number of carbonyl (C=O) groups excluding carboxylic acids is 1. The van der Waals surface area contributed by atoms with Gasteiger partial charge in [0.25, 0.3) is 5.91 Å². The van der Waals surface area contributed by atoms with Crippen LogP contribution in [0.5, 0.6) is 5.75 Å². The van der Waals surface area contributed by atoms with E-state index < -0.39 is 10.0 Å². The van der Waals surface area contributed by atoms with Crippen molar-refractivity contribution in [1.82, 2.24) is 9.21 Å². The van der Waals surface area contributed by atoms with Crippen LogP contribution in [0.1, 0.15) is 16.1 Å². The molecule has 4 rings (SSSR count). The van der Waals surface area contributed by atoms with E-state index in [1.54, 1.807) is 35.2 Å². The normalized spacial score (nSPS) is 18.6. The number of amides is 1. The van der Waals surface area contributed by atoms with E-state index in [1.807, 2.05) is 24.3 Å². The maximum atomic E-state index is 13.3. The third-order valence-corrected chi connectivity index (χ3v) is 9.55. The Bertz CT molecular complexity index is 1000. The Morgan fingerprint density at radius 3 is 2.42 bits per heavy atom. The van der Waals surface area contributed by atoms with Gasteiger partial charge in [-0.3, -0.25) is 4.79 Å². The number of methoxy groups -OCH3 is 1. The first kappa shape index (κ1) is 22.4. The molecule has 0 unspecified atom stereocenters. The Balaban J connectivity index is 1.47. The average molecular weight is 482 g/mol. The fourth-order valence-corrected chi connectivity index (χ4v) is 7.84. The number of benzene rings is 1. The van der Waals surface area contributed by atoms with Crippen molar-refractivity contribution in [1.29, 1.82) is 0 Å². The van der Waals surface area contributed by atoms with Gasteiger partial charge in [0.15, 0.2) is 0 Å². The first-order valence-corrected chi connectivity index (χ1v) is 13.8. The molecule has 2 fully saturated rings. The predicted octanol–water partition coefficient (Wildman–Crippen LogP) is 2.85. The molecular formula is C21H27N3O4S3. The Hall–Kier alpha value is -1.75. The first-order chi connectivity index (χ1) is 15.0. The van der Waals surface area contributed by atoms with E-state index in [9.17, 15) is 13.2 Å². The van der Waals surface area contributed by atoms with Crippen LogP contribution >= 0.6 is 23.1 Å². The van der Waals surface area contributed by atoms with Crippen molar-refractivity contribution in [2.24, 2.45) is 0 Å². The topological polar surface area (TPSA) is 70.2 Å². The summed E-state index contributed by atoms with van der Waals surface area (Å²) in [5.74, 6) is 2.21. The molecule has 31 heavy (non-hydrogen) atoms. The van der Waals surface area contributed by atoms with Crippen molar-refractivity contribution >= 4 is 44.7 Å². The van der Waals surface area contributed by atoms with Gasteiger partial charge in [0, 0.05) is 56.5 Å². The van der Waals surface area contributed by atoms with Crippen molar-refractivity contribution in [3.05, 3.63) is 40.6 Å². The molecule has 1 aromatic carbocycles. The maximum Gasteiger partial charge on any atom is 0.265 e. The molecule has 0 N–H and O–H groups in total. The van der Waals surface area contributed by atoms with Gasteiger partial charge in [-0.25, -0.2) is 8.42 Å². The van der Waals surface area contributed by atoms with E-state index in [-0.39, 0.29) is 10.8 Å². The Morgan fingerprint density at radius 2 is 1.71 bits per heavy atom. The van der Waals surface area contributed by atoms with Crippen molar-refractivity contribution in [2.45, 2.75) is 11.3 Å². The molecule has 2 aliphatic heterocycles. The molecule has 3 heterocycles. The lowest BCUT2D eigenvalue weighted by molar-refractivity contribution is 0.0768. The number of hydrogen-bond acceptors (Lipinski definition) is 7. The highest BCUT2D eigenvalue weighted by molar-refractivity contribution is 7.99. The van der Waals surface area contributed by atoms with Gasteiger partial charge in [-0.1, -0.05) is 0 Å². The number of ether oxygens (including phenoxy) is 1. The summed E-state index contributed by atoms with van der Waals surface area (Å²) in [6, 6.07) is 9.50. The number of nitrogens with zero attached hydrogens (tertiary/aromatic N) is 3. The quantitative estimate of drug-likeness (QED) is 0.654. The Kier molecular flexibility index (Phi) is 7.10. The van der Waals surface area contributed by atoms with Crippen LogP contribution in [0.15, 0.2) is 40.6 Å². The van der Waals surface area contributed by atoms with Crippen molar-refractivity contribution in [2.75, 3.05) is 62.8 Å². The smallest absolute Gasteiger partial charge is 0.265 e. The van der Waals surface area contributed by atoms with Gasteiger partial charge in [0.2, 0.25) is 10.0 Å². The summed E-state index contributed by atoms with van der Waals surface area (Å²) in [5.41, 5.74) is 1.09. The number of thiophene rings is 1. The van der Waals surface area contributed by atoms with Crippen LogP contribution in [0.25, 0.3) is 0 Å². The molecule has 10 heteroatoms. The number of sulfonamides is 1. The summed E-state index contributed by atoms with van der Waals surface area (Å²) in [4.78, 5) is 17.8. The SMILES string of the molecule is COc1ccc(N2CCCN(C(=O)c3sccc3S(=O)(=O)N3CCSCC3)CC2)cc1. The summed E-state index contributed by atoms with van der Waals surface area (Å²) in [6.07, 6.45) is 0.828.